The lowest BCUT2D eigenvalue weighted by molar-refractivity contribution is 0.0691. The molecule has 0 aromatic carbocycles. The first-order valence-corrected chi connectivity index (χ1v) is 7.30. The number of carbonyl (C=O) groups is 1. The van der Waals surface area contributed by atoms with Gasteiger partial charge in [-0.1, -0.05) is 0 Å². The minimum Gasteiger partial charge on any atom is -0.478 e. The van der Waals surface area contributed by atoms with Gasteiger partial charge in [-0.2, -0.15) is 14.5 Å². The van der Waals surface area contributed by atoms with Gasteiger partial charge in [-0.15, -0.1) is 0 Å². The molecule has 0 atom stereocenters. The lowest BCUT2D eigenvalue weighted by Gasteiger charge is -2.14. The zero-order valence-corrected chi connectivity index (χ0v) is 12.4. The van der Waals surface area contributed by atoms with E-state index in [-0.39, 0.29) is 23.6 Å². The van der Waals surface area contributed by atoms with Crippen LogP contribution in [0.2, 0.25) is 0 Å². The number of nitrogens with zero attached hydrogens (tertiary/aromatic N) is 4. The summed E-state index contributed by atoms with van der Waals surface area (Å²) in [6.07, 6.45) is 0. The van der Waals surface area contributed by atoms with E-state index in [1.54, 1.807) is 6.92 Å². The first-order chi connectivity index (χ1) is 9.73. The topological polar surface area (TPSA) is 145 Å². The third kappa shape index (κ3) is 2.78. The molecule has 2 aromatic rings. The Morgan fingerprint density at radius 2 is 1.95 bits per heavy atom. The summed E-state index contributed by atoms with van der Waals surface area (Å²) in [4.78, 5) is 15.2. The van der Waals surface area contributed by atoms with E-state index in [2.05, 4.69) is 25.4 Å². The van der Waals surface area contributed by atoms with Gasteiger partial charge in [0.25, 0.3) is 10.0 Å². The Labute approximate surface area is 120 Å². The Morgan fingerprint density at radius 3 is 2.48 bits per heavy atom. The van der Waals surface area contributed by atoms with Crippen molar-refractivity contribution in [1.29, 1.82) is 0 Å². The molecular formula is C10H14N6O4S. The number of nitrogens with one attached hydrogen (secondary N) is 2. The molecule has 0 amide bonds. The summed E-state index contributed by atoms with van der Waals surface area (Å²) >= 11 is 0. The Balaban J connectivity index is 2.35. The Kier molecular flexibility index (Phi) is 3.78. The van der Waals surface area contributed by atoms with Gasteiger partial charge in [0, 0.05) is 12.7 Å². The van der Waals surface area contributed by atoms with E-state index >= 15 is 0 Å². The van der Waals surface area contributed by atoms with Crippen LogP contribution < -0.4 is 0 Å². The van der Waals surface area contributed by atoms with E-state index in [0.29, 0.717) is 5.82 Å². The van der Waals surface area contributed by atoms with Gasteiger partial charge >= 0.3 is 5.97 Å². The molecular weight excluding hydrogens is 300 g/mol. The molecule has 11 heteroatoms. The Bertz CT molecular complexity index is 777. The van der Waals surface area contributed by atoms with Crippen LogP contribution in [0.4, 0.5) is 0 Å². The van der Waals surface area contributed by atoms with Gasteiger partial charge in [-0.3, -0.25) is 10.2 Å². The van der Waals surface area contributed by atoms with Crippen molar-refractivity contribution in [2.45, 2.75) is 25.4 Å². The molecule has 2 aromatic heterocycles. The van der Waals surface area contributed by atoms with Crippen LogP contribution in [0.15, 0.2) is 5.03 Å². The fourth-order valence-corrected chi connectivity index (χ4v) is 2.98. The fourth-order valence-electron chi connectivity index (χ4n) is 1.74. The quantitative estimate of drug-likeness (QED) is 0.684. The molecule has 21 heavy (non-hydrogen) atoms. The average Bonchev–Trinajstić information content (AvgIpc) is 2.95. The van der Waals surface area contributed by atoms with Crippen molar-refractivity contribution < 1.29 is 18.3 Å². The first-order valence-electron chi connectivity index (χ1n) is 5.86. The second-order valence-electron chi connectivity index (χ2n) is 4.43. The predicted molar refractivity (Wildman–Crippen MR) is 70.1 cm³/mol. The van der Waals surface area contributed by atoms with Crippen LogP contribution >= 0.6 is 0 Å². The number of aromatic amines is 2. The lowest BCUT2D eigenvalue weighted by Crippen LogP contribution is -2.28. The molecule has 0 spiro atoms. The van der Waals surface area contributed by atoms with Crippen LogP contribution in [-0.4, -0.2) is 56.2 Å². The molecule has 10 nitrogen and oxygen atoms in total. The highest BCUT2D eigenvalue weighted by atomic mass is 32.2. The first kappa shape index (κ1) is 15.1. The second kappa shape index (κ2) is 5.26. The molecule has 3 N–H and O–H groups in total. The summed E-state index contributed by atoms with van der Waals surface area (Å²) in [7, 11) is -2.76. The predicted octanol–water partition coefficient (Wildman–Crippen LogP) is -0.336. The maximum absolute atomic E-state index is 12.4. The number of hydrogen-bond donors (Lipinski definition) is 3. The smallest absolute Gasteiger partial charge is 0.340 e. The van der Waals surface area contributed by atoms with Crippen molar-refractivity contribution >= 4 is 16.0 Å². The molecule has 0 aliphatic carbocycles. The normalized spacial score (nSPS) is 12.0. The summed E-state index contributed by atoms with van der Waals surface area (Å²) in [6, 6.07) is 0. The van der Waals surface area contributed by atoms with Crippen molar-refractivity contribution in [3.8, 4) is 0 Å². The van der Waals surface area contributed by atoms with E-state index < -0.39 is 21.0 Å². The number of aromatic carboxylic acids is 1. The van der Waals surface area contributed by atoms with Gasteiger partial charge in [0.15, 0.2) is 5.82 Å². The van der Waals surface area contributed by atoms with E-state index in [9.17, 15) is 13.2 Å². The molecule has 0 fully saturated rings. The highest BCUT2D eigenvalue weighted by Gasteiger charge is 2.31. The Hall–Kier alpha value is -2.27. The maximum atomic E-state index is 12.4. The highest BCUT2D eigenvalue weighted by molar-refractivity contribution is 7.89. The van der Waals surface area contributed by atoms with Crippen molar-refractivity contribution in [1.82, 2.24) is 29.7 Å². The summed E-state index contributed by atoms with van der Waals surface area (Å²) in [6.45, 7) is 3.02. The molecule has 0 saturated heterocycles. The highest BCUT2D eigenvalue weighted by Crippen LogP contribution is 2.20. The molecule has 0 bridgehead atoms. The maximum Gasteiger partial charge on any atom is 0.340 e. The van der Waals surface area contributed by atoms with Crippen molar-refractivity contribution in [3.05, 3.63) is 22.9 Å². The molecule has 0 radical (unpaired) electrons. The van der Waals surface area contributed by atoms with Gasteiger partial charge in [-0.05, 0) is 13.8 Å². The summed E-state index contributed by atoms with van der Waals surface area (Å²) < 4.78 is 25.7. The largest absolute Gasteiger partial charge is 0.478 e. The molecule has 0 saturated carbocycles. The van der Waals surface area contributed by atoms with Gasteiger partial charge in [-0.25, -0.2) is 18.2 Å². The zero-order chi connectivity index (χ0) is 15.8. The molecule has 2 heterocycles. The molecule has 0 aliphatic heterocycles. The van der Waals surface area contributed by atoms with Gasteiger partial charge in [0.1, 0.15) is 11.4 Å². The third-order valence-corrected chi connectivity index (χ3v) is 4.52. The van der Waals surface area contributed by atoms with E-state index in [1.807, 2.05) is 0 Å². The number of aryl methyl sites for hydroxylation is 2. The number of sulfonamides is 1. The van der Waals surface area contributed by atoms with Crippen molar-refractivity contribution in [2.24, 2.45) is 0 Å². The standard InChI is InChI=1S/C10H14N6O4S/c1-5-8(10(17)18)9(15-12-5)21(19,20)16(3)4-7-11-6(2)13-14-7/h4H2,1-3H3,(H,12,15)(H,17,18)(H,11,13,14). The van der Waals surface area contributed by atoms with Crippen molar-refractivity contribution in [2.75, 3.05) is 7.05 Å². The minimum atomic E-state index is -4.07. The van der Waals surface area contributed by atoms with E-state index in [0.717, 1.165) is 4.31 Å². The fraction of sp³-hybridized carbons (Fsp3) is 0.400. The van der Waals surface area contributed by atoms with Crippen LogP contribution in [0.1, 0.15) is 27.7 Å². The van der Waals surface area contributed by atoms with Crippen LogP contribution in [-0.2, 0) is 16.6 Å². The van der Waals surface area contributed by atoms with E-state index in [4.69, 9.17) is 5.11 Å². The molecule has 0 unspecified atom stereocenters. The second-order valence-corrected chi connectivity index (χ2v) is 6.39. The number of H-pyrrole nitrogens is 2. The zero-order valence-electron chi connectivity index (χ0n) is 11.6. The molecule has 2 rings (SSSR count). The number of aromatic nitrogens is 5. The average molecular weight is 314 g/mol. The number of carboxylic acid groups (broad SMARTS) is 1. The third-order valence-electron chi connectivity index (χ3n) is 2.79. The lowest BCUT2D eigenvalue weighted by atomic mass is 10.3. The summed E-state index contributed by atoms with van der Waals surface area (Å²) in [5.74, 6) is -0.526. The number of carboxylic acids is 1. The molecule has 114 valence electrons. The van der Waals surface area contributed by atoms with Crippen LogP contribution in [0.3, 0.4) is 0 Å². The van der Waals surface area contributed by atoms with Gasteiger partial charge in [0.05, 0.1) is 6.54 Å². The van der Waals surface area contributed by atoms with Crippen LogP contribution in [0, 0.1) is 13.8 Å². The number of rotatable bonds is 5. The monoisotopic (exact) mass is 314 g/mol. The van der Waals surface area contributed by atoms with E-state index in [1.165, 1.54) is 14.0 Å². The minimum absolute atomic E-state index is 0.0996. The summed E-state index contributed by atoms with van der Waals surface area (Å²) in [5, 5.41) is 21.0. The van der Waals surface area contributed by atoms with Crippen LogP contribution in [0.25, 0.3) is 0 Å². The number of hydrogen-bond acceptors (Lipinski definition) is 6. The van der Waals surface area contributed by atoms with Crippen molar-refractivity contribution in [3.63, 3.8) is 0 Å². The Morgan fingerprint density at radius 1 is 1.29 bits per heavy atom. The SMILES string of the molecule is Cc1nc(CN(C)S(=O)(=O)c2n[nH]c(C)c2C(=O)O)n[nH]1. The summed E-state index contributed by atoms with van der Waals surface area (Å²) in [5.41, 5.74) is -0.198. The molecule has 0 aliphatic rings. The van der Waals surface area contributed by atoms with Crippen LogP contribution in [0.5, 0.6) is 0 Å². The van der Waals surface area contributed by atoms with Gasteiger partial charge in [0.2, 0.25) is 5.03 Å². The van der Waals surface area contributed by atoms with Gasteiger partial charge < -0.3 is 5.11 Å².